The smallest absolute Gasteiger partial charge is 0.0825 e. The molecule has 1 saturated carbocycles. The summed E-state index contributed by atoms with van der Waals surface area (Å²) in [5.41, 5.74) is 2.88. The zero-order valence-electron chi connectivity index (χ0n) is 17.5. The largest absolute Gasteiger partial charge is 0.373 e. The molecule has 0 aromatic heterocycles. The molecule has 0 bridgehead atoms. The Bertz CT molecular complexity index is 530. The first-order valence-corrected chi connectivity index (χ1v) is 11.6. The Morgan fingerprint density at radius 2 is 1.67 bits per heavy atom. The molecular weight excluding hydrogens is 328 g/mol. The molecule has 0 N–H and O–H groups in total. The molecule has 0 amide bonds. The Balaban J connectivity index is 1.38. The average Bonchev–Trinajstić information content (AvgIpc) is 2.74. The van der Waals surface area contributed by atoms with E-state index in [2.05, 4.69) is 43.8 Å². The number of aryl methyl sites for hydroxylation is 1. The van der Waals surface area contributed by atoms with Crippen LogP contribution in [-0.4, -0.2) is 6.61 Å². The summed E-state index contributed by atoms with van der Waals surface area (Å²) >= 11 is 0. The van der Waals surface area contributed by atoms with Crippen molar-refractivity contribution in [1.82, 2.24) is 0 Å². The van der Waals surface area contributed by atoms with Crippen LogP contribution in [0, 0.1) is 17.8 Å². The molecule has 150 valence electrons. The molecular formula is C26H40O. The molecule has 0 spiro atoms. The molecule has 1 nitrogen and oxygen atoms in total. The van der Waals surface area contributed by atoms with Crippen molar-refractivity contribution in [3.63, 3.8) is 0 Å². The summed E-state index contributed by atoms with van der Waals surface area (Å²) in [6.07, 6.45) is 18.5. The van der Waals surface area contributed by atoms with Crippen molar-refractivity contribution in [1.29, 1.82) is 0 Å². The first-order valence-electron chi connectivity index (χ1n) is 11.6. The lowest BCUT2D eigenvalue weighted by Crippen LogP contribution is -2.20. The third-order valence-corrected chi connectivity index (χ3v) is 7.00. The summed E-state index contributed by atoms with van der Waals surface area (Å²) in [6, 6.07) is 9.35. The van der Waals surface area contributed by atoms with Crippen LogP contribution in [0.1, 0.15) is 94.8 Å². The van der Waals surface area contributed by atoms with Gasteiger partial charge in [-0.15, -0.1) is 6.58 Å². The van der Waals surface area contributed by atoms with Crippen molar-refractivity contribution in [2.45, 2.75) is 90.1 Å². The lowest BCUT2D eigenvalue weighted by atomic mass is 9.79. The molecule has 0 radical (unpaired) electrons. The molecule has 1 heteroatoms. The molecule has 1 aromatic carbocycles. The lowest BCUT2D eigenvalue weighted by molar-refractivity contribution is -0.0198. The zero-order chi connectivity index (χ0) is 18.9. The van der Waals surface area contributed by atoms with Crippen LogP contribution in [0.15, 0.2) is 36.9 Å². The standard InChI is InChI=1S/C26H40O/c1-3-5-6-7-24-16-19-26(27-20-24)25-17-14-23(15-18-25)13-12-22-10-8-21(4-2)9-11-22/h4,14-15,17-18,21-22,24,26H,2-3,5-13,16,19-20H2,1H3. The molecule has 27 heavy (non-hydrogen) atoms. The van der Waals surface area contributed by atoms with Crippen molar-refractivity contribution < 1.29 is 4.74 Å². The summed E-state index contributed by atoms with van der Waals surface area (Å²) < 4.78 is 6.21. The second-order valence-corrected chi connectivity index (χ2v) is 9.06. The van der Waals surface area contributed by atoms with E-state index >= 15 is 0 Å². The van der Waals surface area contributed by atoms with Crippen molar-refractivity contribution in [3.05, 3.63) is 48.0 Å². The average molecular weight is 369 g/mol. The van der Waals surface area contributed by atoms with Crippen LogP contribution in [-0.2, 0) is 11.2 Å². The Morgan fingerprint density at radius 3 is 2.30 bits per heavy atom. The minimum absolute atomic E-state index is 0.329. The molecule has 1 aliphatic heterocycles. The van der Waals surface area contributed by atoms with Crippen molar-refractivity contribution in [2.24, 2.45) is 17.8 Å². The van der Waals surface area contributed by atoms with E-state index in [4.69, 9.17) is 4.74 Å². The van der Waals surface area contributed by atoms with E-state index in [1.54, 1.807) is 0 Å². The minimum Gasteiger partial charge on any atom is -0.373 e. The van der Waals surface area contributed by atoms with Crippen molar-refractivity contribution >= 4 is 0 Å². The molecule has 1 saturated heterocycles. The summed E-state index contributed by atoms with van der Waals surface area (Å²) in [4.78, 5) is 0. The predicted octanol–water partition coefficient (Wildman–Crippen LogP) is 7.66. The van der Waals surface area contributed by atoms with Crippen LogP contribution in [0.3, 0.4) is 0 Å². The normalized spacial score (nSPS) is 28.8. The van der Waals surface area contributed by atoms with E-state index < -0.39 is 0 Å². The Labute approximate surface area is 167 Å². The van der Waals surface area contributed by atoms with E-state index in [0.29, 0.717) is 6.10 Å². The summed E-state index contributed by atoms with van der Waals surface area (Å²) in [6.45, 7) is 7.20. The maximum Gasteiger partial charge on any atom is 0.0825 e. The van der Waals surface area contributed by atoms with Gasteiger partial charge in [0.15, 0.2) is 0 Å². The summed E-state index contributed by atoms with van der Waals surface area (Å²) in [7, 11) is 0. The fourth-order valence-electron chi connectivity index (χ4n) is 4.96. The SMILES string of the molecule is C=CC1CCC(CCc2ccc(C3CCC(CCCCC)CO3)cc2)CC1. The van der Waals surface area contributed by atoms with Crippen LogP contribution >= 0.6 is 0 Å². The highest BCUT2D eigenvalue weighted by Crippen LogP contribution is 2.34. The van der Waals surface area contributed by atoms with Gasteiger partial charge in [0.25, 0.3) is 0 Å². The molecule has 3 rings (SSSR count). The van der Waals surface area contributed by atoms with E-state index in [9.17, 15) is 0 Å². The maximum atomic E-state index is 6.21. The lowest BCUT2D eigenvalue weighted by Gasteiger charge is -2.29. The molecule has 2 fully saturated rings. The highest BCUT2D eigenvalue weighted by atomic mass is 16.5. The van der Waals surface area contributed by atoms with Gasteiger partial charge in [-0.05, 0) is 86.7 Å². The van der Waals surface area contributed by atoms with Crippen molar-refractivity contribution in [2.75, 3.05) is 6.61 Å². The van der Waals surface area contributed by atoms with Gasteiger partial charge in [-0.25, -0.2) is 0 Å². The van der Waals surface area contributed by atoms with Gasteiger partial charge in [0, 0.05) is 0 Å². The van der Waals surface area contributed by atoms with Gasteiger partial charge in [0.1, 0.15) is 0 Å². The fourth-order valence-corrected chi connectivity index (χ4v) is 4.96. The second kappa shape index (κ2) is 11.1. The third-order valence-electron chi connectivity index (χ3n) is 7.00. The van der Waals surface area contributed by atoms with E-state index in [1.807, 2.05) is 0 Å². The Hall–Kier alpha value is -1.08. The molecule has 2 atom stereocenters. The van der Waals surface area contributed by atoms with Gasteiger partial charge < -0.3 is 4.74 Å². The second-order valence-electron chi connectivity index (χ2n) is 9.06. The molecule has 1 heterocycles. The highest BCUT2D eigenvalue weighted by molar-refractivity contribution is 5.24. The fraction of sp³-hybridized carbons (Fsp3) is 0.692. The van der Waals surface area contributed by atoms with E-state index in [-0.39, 0.29) is 0 Å². The van der Waals surface area contributed by atoms with Crippen LogP contribution < -0.4 is 0 Å². The zero-order valence-corrected chi connectivity index (χ0v) is 17.5. The highest BCUT2D eigenvalue weighted by Gasteiger charge is 2.23. The number of hydrogen-bond acceptors (Lipinski definition) is 1. The number of allylic oxidation sites excluding steroid dienone is 1. The number of benzene rings is 1. The van der Waals surface area contributed by atoms with Crippen LogP contribution in [0.25, 0.3) is 0 Å². The number of ether oxygens (including phenoxy) is 1. The van der Waals surface area contributed by atoms with E-state index in [1.165, 1.54) is 88.2 Å². The maximum absolute atomic E-state index is 6.21. The van der Waals surface area contributed by atoms with Gasteiger partial charge in [0.05, 0.1) is 12.7 Å². The van der Waals surface area contributed by atoms with Crippen LogP contribution in [0.4, 0.5) is 0 Å². The summed E-state index contributed by atoms with van der Waals surface area (Å²) in [5.74, 6) is 2.50. The Morgan fingerprint density at radius 1 is 0.926 bits per heavy atom. The van der Waals surface area contributed by atoms with Crippen LogP contribution in [0.2, 0.25) is 0 Å². The number of unbranched alkanes of at least 4 members (excludes halogenated alkanes) is 2. The van der Waals surface area contributed by atoms with Gasteiger partial charge >= 0.3 is 0 Å². The Kier molecular flexibility index (Phi) is 8.45. The first kappa shape index (κ1) is 20.6. The van der Waals surface area contributed by atoms with E-state index in [0.717, 1.165) is 24.4 Å². The summed E-state index contributed by atoms with van der Waals surface area (Å²) in [5, 5.41) is 0. The number of hydrogen-bond donors (Lipinski definition) is 0. The molecule has 2 aliphatic rings. The predicted molar refractivity (Wildman–Crippen MR) is 116 cm³/mol. The van der Waals surface area contributed by atoms with Gasteiger partial charge in [-0.1, -0.05) is 56.5 Å². The van der Waals surface area contributed by atoms with Gasteiger partial charge in [0.2, 0.25) is 0 Å². The van der Waals surface area contributed by atoms with Crippen molar-refractivity contribution in [3.8, 4) is 0 Å². The first-order chi connectivity index (χ1) is 13.3. The van der Waals surface area contributed by atoms with Gasteiger partial charge in [-0.2, -0.15) is 0 Å². The number of rotatable bonds is 9. The topological polar surface area (TPSA) is 9.23 Å². The van der Waals surface area contributed by atoms with Gasteiger partial charge in [-0.3, -0.25) is 0 Å². The molecule has 1 aliphatic carbocycles. The van der Waals surface area contributed by atoms with Crippen LogP contribution in [0.5, 0.6) is 0 Å². The minimum atomic E-state index is 0.329. The molecule has 2 unspecified atom stereocenters. The monoisotopic (exact) mass is 368 g/mol. The third kappa shape index (κ3) is 6.49. The molecule has 1 aromatic rings. The quantitative estimate of drug-likeness (QED) is 0.321.